The van der Waals surface area contributed by atoms with E-state index in [0.717, 1.165) is 32.2 Å². The molecule has 1 aromatic carbocycles. The van der Waals surface area contributed by atoms with Crippen molar-refractivity contribution < 1.29 is 10.0 Å². The first-order chi connectivity index (χ1) is 10.8. The number of phenolic OH excluding ortho intramolecular Hbond substituents is 1. The van der Waals surface area contributed by atoms with Crippen LogP contribution in [0.5, 0.6) is 5.75 Å². The Morgan fingerprint density at radius 2 is 2.00 bits per heavy atom. The molecule has 7 heteroatoms. The van der Waals surface area contributed by atoms with Gasteiger partial charge < -0.3 is 10.4 Å². The van der Waals surface area contributed by atoms with Crippen LogP contribution in [0.1, 0.15) is 37.9 Å². The molecule has 0 amide bonds. The second kappa shape index (κ2) is 6.52. The summed E-state index contributed by atoms with van der Waals surface area (Å²) in [6, 6.07) is 4.43. The van der Waals surface area contributed by atoms with E-state index in [-0.39, 0.29) is 22.8 Å². The van der Waals surface area contributed by atoms with Gasteiger partial charge in [0.25, 0.3) is 0 Å². The molecule has 1 saturated heterocycles. The number of nitro groups is 1. The molecule has 124 valence electrons. The highest BCUT2D eigenvalue weighted by Gasteiger charge is 2.36. The number of nitriles is 1. The van der Waals surface area contributed by atoms with Crippen molar-refractivity contribution in [3.8, 4) is 11.8 Å². The van der Waals surface area contributed by atoms with Crippen molar-refractivity contribution in [3.05, 3.63) is 33.4 Å². The third-order valence-corrected chi connectivity index (χ3v) is 4.08. The quantitative estimate of drug-likeness (QED) is 0.654. The third kappa shape index (κ3) is 3.60. The van der Waals surface area contributed by atoms with E-state index in [1.165, 1.54) is 0 Å². The van der Waals surface area contributed by atoms with Crippen molar-refractivity contribution in [2.45, 2.75) is 26.8 Å². The first-order valence-electron chi connectivity index (χ1n) is 7.62. The van der Waals surface area contributed by atoms with E-state index in [1.807, 2.05) is 26.8 Å². The van der Waals surface area contributed by atoms with E-state index >= 15 is 0 Å². The standard InChI is InChI=1S/C16H22N4O3/c1-16(2,3)15(19-6-4-18-5-7-19)12-8-11(10-17)9-13(14(12)21)20(22)23/h8-9,15,18,21H,4-7H2,1-3H3/t15-/m0/s1. The summed E-state index contributed by atoms with van der Waals surface area (Å²) in [5.74, 6) is -0.340. The molecule has 1 aliphatic heterocycles. The summed E-state index contributed by atoms with van der Waals surface area (Å²) in [6.45, 7) is 9.32. The number of hydrogen-bond acceptors (Lipinski definition) is 6. The largest absolute Gasteiger partial charge is 0.502 e. The lowest BCUT2D eigenvalue weighted by Crippen LogP contribution is -2.48. The minimum Gasteiger partial charge on any atom is -0.502 e. The van der Waals surface area contributed by atoms with Gasteiger partial charge in [-0.2, -0.15) is 5.26 Å². The number of nitrogens with zero attached hydrogens (tertiary/aromatic N) is 3. The molecule has 0 unspecified atom stereocenters. The van der Waals surface area contributed by atoms with Gasteiger partial charge in [-0.15, -0.1) is 0 Å². The number of nitro benzene ring substituents is 1. The highest BCUT2D eigenvalue weighted by atomic mass is 16.6. The maximum atomic E-state index is 11.2. The van der Waals surface area contributed by atoms with E-state index in [2.05, 4.69) is 10.2 Å². The molecular weight excluding hydrogens is 296 g/mol. The summed E-state index contributed by atoms with van der Waals surface area (Å²) in [6.07, 6.45) is 0. The molecule has 7 nitrogen and oxygen atoms in total. The fraction of sp³-hybridized carbons (Fsp3) is 0.562. The van der Waals surface area contributed by atoms with Gasteiger partial charge in [0.2, 0.25) is 0 Å². The Morgan fingerprint density at radius 3 is 2.48 bits per heavy atom. The van der Waals surface area contributed by atoms with Gasteiger partial charge in [-0.3, -0.25) is 15.0 Å². The van der Waals surface area contributed by atoms with Crippen LogP contribution in [-0.2, 0) is 0 Å². The van der Waals surface area contributed by atoms with Gasteiger partial charge in [0.15, 0.2) is 5.75 Å². The van der Waals surface area contributed by atoms with Crippen LogP contribution in [0.15, 0.2) is 12.1 Å². The number of phenols is 1. The highest BCUT2D eigenvalue weighted by Crippen LogP contribution is 2.45. The molecule has 1 fully saturated rings. The molecule has 0 aromatic heterocycles. The maximum absolute atomic E-state index is 11.2. The number of nitrogens with one attached hydrogen (secondary N) is 1. The number of aromatic hydroxyl groups is 1. The first-order valence-corrected chi connectivity index (χ1v) is 7.62. The second-order valence-corrected chi connectivity index (χ2v) is 6.86. The zero-order chi connectivity index (χ0) is 17.2. The van der Waals surface area contributed by atoms with Gasteiger partial charge in [-0.05, 0) is 11.5 Å². The molecule has 0 spiro atoms. The van der Waals surface area contributed by atoms with Gasteiger partial charge in [0.05, 0.1) is 16.6 Å². The Balaban J connectivity index is 2.60. The lowest BCUT2D eigenvalue weighted by molar-refractivity contribution is -0.386. The fourth-order valence-electron chi connectivity index (χ4n) is 3.20. The first kappa shape index (κ1) is 17.2. The van der Waals surface area contributed by atoms with Crippen molar-refractivity contribution in [2.24, 2.45) is 5.41 Å². The number of hydrogen-bond donors (Lipinski definition) is 2. The lowest BCUT2D eigenvalue weighted by atomic mass is 9.80. The van der Waals surface area contributed by atoms with Crippen molar-refractivity contribution in [1.29, 1.82) is 5.26 Å². The van der Waals surface area contributed by atoms with Crippen LogP contribution < -0.4 is 5.32 Å². The molecule has 0 saturated carbocycles. The minimum absolute atomic E-state index is 0.189. The third-order valence-electron chi connectivity index (χ3n) is 4.08. The van der Waals surface area contributed by atoms with Crippen LogP contribution in [0.3, 0.4) is 0 Å². The molecule has 0 radical (unpaired) electrons. The minimum atomic E-state index is -0.642. The summed E-state index contributed by atoms with van der Waals surface area (Å²) in [7, 11) is 0. The molecule has 2 N–H and O–H groups in total. The van der Waals surface area contributed by atoms with E-state index in [1.54, 1.807) is 6.07 Å². The summed E-state index contributed by atoms with van der Waals surface area (Å²) >= 11 is 0. The Morgan fingerprint density at radius 1 is 1.39 bits per heavy atom. The Bertz CT molecular complexity index is 640. The number of benzene rings is 1. The predicted molar refractivity (Wildman–Crippen MR) is 86.1 cm³/mol. The smallest absolute Gasteiger partial charge is 0.312 e. The molecule has 0 bridgehead atoms. The van der Waals surface area contributed by atoms with Gasteiger partial charge in [0, 0.05) is 43.9 Å². The summed E-state index contributed by atoms with van der Waals surface area (Å²) in [4.78, 5) is 12.8. The van der Waals surface area contributed by atoms with Gasteiger partial charge in [-0.1, -0.05) is 20.8 Å². The molecule has 2 rings (SSSR count). The predicted octanol–water partition coefficient (Wildman–Crippen LogP) is 2.16. The molecule has 0 aliphatic carbocycles. The van der Waals surface area contributed by atoms with Crippen LogP contribution in [0.25, 0.3) is 0 Å². The van der Waals surface area contributed by atoms with Crippen molar-refractivity contribution in [1.82, 2.24) is 10.2 Å². The molecule has 23 heavy (non-hydrogen) atoms. The van der Waals surface area contributed by atoms with Crippen LogP contribution >= 0.6 is 0 Å². The van der Waals surface area contributed by atoms with Crippen LogP contribution in [-0.4, -0.2) is 41.1 Å². The topological polar surface area (TPSA) is 102 Å². The number of piperazine rings is 1. The van der Waals surface area contributed by atoms with E-state index in [0.29, 0.717) is 5.56 Å². The lowest BCUT2D eigenvalue weighted by Gasteiger charge is -2.42. The highest BCUT2D eigenvalue weighted by molar-refractivity contribution is 5.57. The average molecular weight is 318 g/mol. The van der Waals surface area contributed by atoms with Gasteiger partial charge in [-0.25, -0.2) is 0 Å². The summed E-state index contributed by atoms with van der Waals surface area (Å²) < 4.78 is 0. The Hall–Kier alpha value is -2.17. The molecule has 1 aliphatic rings. The van der Waals surface area contributed by atoms with Gasteiger partial charge >= 0.3 is 5.69 Å². The van der Waals surface area contributed by atoms with E-state index in [4.69, 9.17) is 0 Å². The van der Waals surface area contributed by atoms with Crippen LogP contribution in [0.4, 0.5) is 5.69 Å². The molecule has 1 atom stereocenters. The van der Waals surface area contributed by atoms with Crippen molar-refractivity contribution in [3.63, 3.8) is 0 Å². The zero-order valence-corrected chi connectivity index (χ0v) is 13.7. The fourth-order valence-corrected chi connectivity index (χ4v) is 3.20. The van der Waals surface area contributed by atoms with Crippen LogP contribution in [0, 0.1) is 26.9 Å². The molecule has 1 aromatic rings. The normalized spacial score (nSPS) is 17.5. The van der Waals surface area contributed by atoms with Crippen molar-refractivity contribution in [2.75, 3.05) is 26.2 Å². The molecule has 1 heterocycles. The Labute approximate surface area is 135 Å². The second-order valence-electron chi connectivity index (χ2n) is 6.86. The summed E-state index contributed by atoms with van der Waals surface area (Å²) in [5, 5.41) is 34.1. The maximum Gasteiger partial charge on any atom is 0.312 e. The monoisotopic (exact) mass is 318 g/mol. The summed E-state index contributed by atoms with van der Waals surface area (Å²) in [5.41, 5.74) is -0.0287. The SMILES string of the molecule is CC(C)(C)[C@H](c1cc(C#N)cc([N+](=O)[O-])c1O)N1CCNCC1. The van der Waals surface area contributed by atoms with Crippen molar-refractivity contribution >= 4 is 5.69 Å². The van der Waals surface area contributed by atoms with Crippen LogP contribution in [0.2, 0.25) is 0 Å². The van der Waals surface area contributed by atoms with E-state index < -0.39 is 10.6 Å². The Kier molecular flexibility index (Phi) is 4.88. The number of rotatable bonds is 3. The van der Waals surface area contributed by atoms with E-state index in [9.17, 15) is 20.5 Å². The molecular formula is C16H22N4O3. The zero-order valence-electron chi connectivity index (χ0n) is 13.7. The van der Waals surface area contributed by atoms with Gasteiger partial charge in [0.1, 0.15) is 0 Å². The average Bonchev–Trinajstić information content (AvgIpc) is 2.48.